The minimum absolute atomic E-state index is 0.262. The van der Waals surface area contributed by atoms with Crippen molar-refractivity contribution >= 4 is 23.3 Å². The zero-order chi connectivity index (χ0) is 15.4. The molecule has 2 N–H and O–H groups in total. The van der Waals surface area contributed by atoms with E-state index in [9.17, 15) is 9.18 Å². The standard InChI is InChI=1S/C15H15ClFN3O/c1-9(10-4-3-5-11(17)6-10)20-15(21)12-7-14(18-2)19-8-13(12)16/h3-9H,1-2H3,(H,18,19)(H,20,21). The molecule has 1 amide bonds. The van der Waals surface area contributed by atoms with Gasteiger partial charge in [-0.1, -0.05) is 23.7 Å². The number of nitrogens with one attached hydrogen (secondary N) is 2. The maximum absolute atomic E-state index is 13.2. The lowest BCUT2D eigenvalue weighted by Crippen LogP contribution is -2.27. The van der Waals surface area contributed by atoms with Crippen LogP contribution in [0, 0.1) is 5.82 Å². The summed E-state index contributed by atoms with van der Waals surface area (Å²) in [5.41, 5.74) is 1.00. The lowest BCUT2D eigenvalue weighted by Gasteiger charge is -2.15. The molecule has 2 aromatic rings. The van der Waals surface area contributed by atoms with Gasteiger partial charge in [0.2, 0.25) is 0 Å². The molecule has 110 valence electrons. The van der Waals surface area contributed by atoms with Crippen LogP contribution >= 0.6 is 11.6 Å². The molecule has 6 heteroatoms. The van der Waals surface area contributed by atoms with Gasteiger partial charge >= 0.3 is 0 Å². The first kappa shape index (κ1) is 15.3. The van der Waals surface area contributed by atoms with Crippen molar-refractivity contribution in [2.24, 2.45) is 0 Å². The summed E-state index contributed by atoms with van der Waals surface area (Å²) in [6.45, 7) is 1.78. The highest BCUT2D eigenvalue weighted by Crippen LogP contribution is 2.20. The number of nitrogens with zero attached hydrogens (tertiary/aromatic N) is 1. The van der Waals surface area contributed by atoms with Crippen LogP contribution in [0.25, 0.3) is 0 Å². The van der Waals surface area contributed by atoms with Gasteiger partial charge in [0.05, 0.1) is 16.6 Å². The number of benzene rings is 1. The van der Waals surface area contributed by atoms with Crippen molar-refractivity contribution in [2.75, 3.05) is 12.4 Å². The van der Waals surface area contributed by atoms with E-state index in [2.05, 4.69) is 15.6 Å². The third kappa shape index (κ3) is 3.70. The molecule has 21 heavy (non-hydrogen) atoms. The van der Waals surface area contributed by atoms with Crippen LogP contribution in [0.15, 0.2) is 36.5 Å². The van der Waals surface area contributed by atoms with Gasteiger partial charge in [-0.3, -0.25) is 4.79 Å². The summed E-state index contributed by atoms with van der Waals surface area (Å²) in [6.07, 6.45) is 1.41. The number of pyridine rings is 1. The Morgan fingerprint density at radius 3 is 2.81 bits per heavy atom. The highest BCUT2D eigenvalue weighted by atomic mass is 35.5. The summed E-state index contributed by atoms with van der Waals surface area (Å²) in [6, 6.07) is 7.33. The van der Waals surface area contributed by atoms with Crippen molar-refractivity contribution in [3.05, 3.63) is 58.5 Å². The average Bonchev–Trinajstić information content (AvgIpc) is 2.47. The van der Waals surface area contributed by atoms with Crippen molar-refractivity contribution in [1.29, 1.82) is 0 Å². The van der Waals surface area contributed by atoms with Crippen molar-refractivity contribution in [3.8, 4) is 0 Å². The Balaban J connectivity index is 2.18. The summed E-state index contributed by atoms with van der Waals surface area (Å²) in [5, 5.41) is 5.89. The first-order chi connectivity index (χ1) is 10.0. The number of rotatable bonds is 4. The van der Waals surface area contributed by atoms with Gasteiger partial charge in [0, 0.05) is 13.2 Å². The van der Waals surface area contributed by atoms with Crippen LogP contribution in [0.3, 0.4) is 0 Å². The fraction of sp³-hybridized carbons (Fsp3) is 0.200. The maximum Gasteiger partial charge on any atom is 0.253 e. The number of aromatic nitrogens is 1. The number of hydrogen-bond acceptors (Lipinski definition) is 3. The van der Waals surface area contributed by atoms with Crippen molar-refractivity contribution < 1.29 is 9.18 Å². The monoisotopic (exact) mass is 307 g/mol. The van der Waals surface area contributed by atoms with E-state index in [-0.39, 0.29) is 22.8 Å². The summed E-state index contributed by atoms with van der Waals surface area (Å²) in [7, 11) is 1.70. The van der Waals surface area contributed by atoms with Gasteiger partial charge in [0.15, 0.2) is 0 Å². The third-order valence-electron chi connectivity index (χ3n) is 3.05. The van der Waals surface area contributed by atoms with E-state index in [4.69, 9.17) is 11.6 Å². The topological polar surface area (TPSA) is 54.0 Å². The molecule has 1 unspecified atom stereocenters. The van der Waals surface area contributed by atoms with Crippen molar-refractivity contribution in [1.82, 2.24) is 10.3 Å². The van der Waals surface area contributed by atoms with Crippen molar-refractivity contribution in [3.63, 3.8) is 0 Å². The molecule has 4 nitrogen and oxygen atoms in total. The van der Waals surface area contributed by atoms with Crippen LogP contribution in [0.4, 0.5) is 10.2 Å². The first-order valence-electron chi connectivity index (χ1n) is 6.41. The Morgan fingerprint density at radius 1 is 1.38 bits per heavy atom. The Morgan fingerprint density at radius 2 is 2.14 bits per heavy atom. The van der Waals surface area contributed by atoms with E-state index in [1.165, 1.54) is 18.3 Å². The molecule has 0 aliphatic heterocycles. The summed E-state index contributed by atoms with van der Waals surface area (Å²) in [4.78, 5) is 16.3. The highest BCUT2D eigenvalue weighted by Gasteiger charge is 2.15. The van der Waals surface area contributed by atoms with Crippen LogP contribution < -0.4 is 10.6 Å². The number of carbonyl (C=O) groups excluding carboxylic acids is 1. The van der Waals surface area contributed by atoms with Crippen LogP contribution in [-0.2, 0) is 0 Å². The Bertz CT molecular complexity index is 663. The predicted molar refractivity (Wildman–Crippen MR) is 81.1 cm³/mol. The summed E-state index contributed by atoms with van der Waals surface area (Å²) >= 11 is 5.99. The second-order valence-electron chi connectivity index (χ2n) is 4.55. The molecule has 0 fully saturated rings. The van der Waals surface area contributed by atoms with E-state index in [1.54, 1.807) is 32.2 Å². The number of hydrogen-bond donors (Lipinski definition) is 2. The molecule has 0 aliphatic rings. The quantitative estimate of drug-likeness (QED) is 0.910. The fourth-order valence-corrected chi connectivity index (χ4v) is 2.07. The fourth-order valence-electron chi connectivity index (χ4n) is 1.88. The zero-order valence-corrected chi connectivity index (χ0v) is 12.4. The first-order valence-corrected chi connectivity index (χ1v) is 6.78. The molecule has 0 aliphatic carbocycles. The van der Waals surface area contributed by atoms with Crippen LogP contribution in [-0.4, -0.2) is 17.9 Å². The van der Waals surface area contributed by atoms with Gasteiger partial charge in [-0.15, -0.1) is 0 Å². The largest absolute Gasteiger partial charge is 0.373 e. The maximum atomic E-state index is 13.2. The predicted octanol–water partition coefficient (Wildman–Crippen LogP) is 3.41. The summed E-state index contributed by atoms with van der Waals surface area (Å²) in [5.74, 6) is -0.133. The Hall–Kier alpha value is -2.14. The molecule has 1 aromatic heterocycles. The van der Waals surface area contributed by atoms with Crippen LogP contribution in [0.5, 0.6) is 0 Å². The highest BCUT2D eigenvalue weighted by molar-refractivity contribution is 6.33. The van der Waals surface area contributed by atoms with E-state index >= 15 is 0 Å². The Kier molecular flexibility index (Phi) is 4.75. The van der Waals surface area contributed by atoms with E-state index in [1.807, 2.05) is 0 Å². The van der Waals surface area contributed by atoms with E-state index < -0.39 is 0 Å². The Labute approximate surface area is 127 Å². The smallest absolute Gasteiger partial charge is 0.253 e. The van der Waals surface area contributed by atoms with Gasteiger partial charge in [0.1, 0.15) is 11.6 Å². The van der Waals surface area contributed by atoms with Crippen LogP contribution in [0.1, 0.15) is 28.9 Å². The molecule has 0 radical (unpaired) electrons. The van der Waals surface area contributed by atoms with Crippen LogP contribution in [0.2, 0.25) is 5.02 Å². The number of amides is 1. The van der Waals surface area contributed by atoms with Gasteiger partial charge in [-0.25, -0.2) is 9.37 Å². The second kappa shape index (κ2) is 6.54. The molecule has 0 saturated carbocycles. The van der Waals surface area contributed by atoms with Crippen molar-refractivity contribution in [2.45, 2.75) is 13.0 Å². The molecule has 0 spiro atoms. The molecule has 0 saturated heterocycles. The minimum Gasteiger partial charge on any atom is -0.373 e. The molecule has 1 heterocycles. The average molecular weight is 308 g/mol. The number of anilines is 1. The molecule has 2 rings (SSSR count). The van der Waals surface area contributed by atoms with Gasteiger partial charge in [0.25, 0.3) is 5.91 Å². The van der Waals surface area contributed by atoms with E-state index in [0.717, 1.165) is 0 Å². The molecule has 1 atom stereocenters. The minimum atomic E-state index is -0.340. The summed E-state index contributed by atoms with van der Waals surface area (Å²) < 4.78 is 13.2. The molecule has 1 aromatic carbocycles. The lowest BCUT2D eigenvalue weighted by atomic mass is 10.1. The zero-order valence-electron chi connectivity index (χ0n) is 11.7. The van der Waals surface area contributed by atoms with E-state index in [0.29, 0.717) is 16.9 Å². The van der Waals surface area contributed by atoms with Gasteiger partial charge < -0.3 is 10.6 Å². The SMILES string of the molecule is CNc1cc(C(=O)NC(C)c2cccc(F)c2)c(Cl)cn1. The molecular weight excluding hydrogens is 293 g/mol. The second-order valence-corrected chi connectivity index (χ2v) is 4.96. The number of halogens is 2. The van der Waals surface area contributed by atoms with Gasteiger partial charge in [-0.2, -0.15) is 0 Å². The number of carbonyl (C=O) groups is 1. The lowest BCUT2D eigenvalue weighted by molar-refractivity contribution is 0.0940. The van der Waals surface area contributed by atoms with Gasteiger partial charge in [-0.05, 0) is 30.7 Å². The normalized spacial score (nSPS) is 11.8. The molecule has 0 bridgehead atoms. The molecular formula is C15H15ClFN3O. The third-order valence-corrected chi connectivity index (χ3v) is 3.35.